The highest BCUT2D eigenvalue weighted by atomic mass is 16.6. The van der Waals surface area contributed by atoms with Gasteiger partial charge in [0.25, 0.3) is 17.7 Å². The van der Waals surface area contributed by atoms with Crippen molar-refractivity contribution in [2.24, 2.45) is 29.6 Å². The summed E-state index contributed by atoms with van der Waals surface area (Å²) < 4.78 is 18.0. The summed E-state index contributed by atoms with van der Waals surface area (Å²) in [4.78, 5) is 89.0. The molecule has 12 nitrogen and oxygen atoms in total. The molecular formula is C40H63N3O9. The number of nitrogens with zero attached hydrogens (tertiary/aromatic N) is 3. The van der Waals surface area contributed by atoms with E-state index in [1.165, 1.54) is 35.8 Å². The third-order valence-corrected chi connectivity index (χ3v) is 10.6. The molecule has 1 saturated heterocycles. The quantitative estimate of drug-likeness (QED) is 0.243. The topological polar surface area (TPSA) is 140 Å². The van der Waals surface area contributed by atoms with Crippen molar-refractivity contribution in [3.8, 4) is 0 Å². The van der Waals surface area contributed by atoms with Crippen molar-refractivity contribution >= 4 is 35.6 Å². The Morgan fingerprint density at radius 1 is 0.519 bits per heavy atom. The van der Waals surface area contributed by atoms with Crippen LogP contribution in [0.25, 0.3) is 0 Å². The van der Waals surface area contributed by atoms with Crippen molar-refractivity contribution in [2.75, 3.05) is 21.1 Å². The van der Waals surface area contributed by atoms with Crippen LogP contribution < -0.4 is 0 Å². The molecule has 0 radical (unpaired) electrons. The first-order valence-corrected chi connectivity index (χ1v) is 18.8. The van der Waals surface area contributed by atoms with Crippen LogP contribution in [0.3, 0.4) is 0 Å². The molecule has 12 heteroatoms. The van der Waals surface area contributed by atoms with Gasteiger partial charge in [0.15, 0.2) is 18.3 Å². The van der Waals surface area contributed by atoms with Gasteiger partial charge in [-0.2, -0.15) is 0 Å². The SMILES string of the molecule is CC[C@H](C)[C@H]1OC(=O)[C@H](C(C)C)N(C)C(=O)[C@@H]([C@@H](C)CC)OC(=O)[C@H](Cc2ccccc2)N(C)C(=O)[C@@H]([C@@H](C)CC)OC(=O)[C@H](C(C)C)N(C)C1=O. The first-order chi connectivity index (χ1) is 24.3. The first kappa shape index (κ1) is 44.2. The van der Waals surface area contributed by atoms with E-state index in [1.54, 1.807) is 48.5 Å². The average Bonchev–Trinajstić information content (AvgIpc) is 3.11. The van der Waals surface area contributed by atoms with Crippen molar-refractivity contribution in [2.45, 2.75) is 131 Å². The van der Waals surface area contributed by atoms with Crippen LogP contribution in [-0.2, 0) is 49.4 Å². The van der Waals surface area contributed by atoms with Gasteiger partial charge in [-0.3, -0.25) is 14.4 Å². The van der Waals surface area contributed by atoms with Gasteiger partial charge in [0.05, 0.1) is 0 Å². The van der Waals surface area contributed by atoms with E-state index in [-0.39, 0.29) is 6.42 Å². The number of likely N-dealkylation sites (N-methyl/N-ethyl adjacent to an activating group) is 3. The second-order valence-electron chi connectivity index (χ2n) is 15.2. The maximum Gasteiger partial charge on any atom is 0.329 e. The minimum Gasteiger partial charge on any atom is -0.450 e. The molecule has 9 atom stereocenters. The highest BCUT2D eigenvalue weighted by Gasteiger charge is 2.45. The molecule has 1 aliphatic heterocycles. The van der Waals surface area contributed by atoms with Crippen molar-refractivity contribution in [3.63, 3.8) is 0 Å². The Labute approximate surface area is 310 Å². The molecule has 0 aromatic heterocycles. The number of benzene rings is 1. The lowest BCUT2D eigenvalue weighted by Gasteiger charge is -2.38. The van der Waals surface area contributed by atoms with Gasteiger partial charge in [-0.15, -0.1) is 0 Å². The number of ether oxygens (including phenoxy) is 3. The van der Waals surface area contributed by atoms with E-state index < -0.39 is 102 Å². The van der Waals surface area contributed by atoms with E-state index >= 15 is 0 Å². The monoisotopic (exact) mass is 729 g/mol. The van der Waals surface area contributed by atoms with Gasteiger partial charge in [0.2, 0.25) is 0 Å². The minimum atomic E-state index is -1.30. The van der Waals surface area contributed by atoms with E-state index in [2.05, 4.69) is 0 Å². The summed E-state index contributed by atoms with van der Waals surface area (Å²) in [5.74, 6) is -6.49. The molecule has 1 aromatic rings. The number of amides is 3. The van der Waals surface area contributed by atoms with Crippen LogP contribution in [0.5, 0.6) is 0 Å². The molecule has 0 saturated carbocycles. The van der Waals surface area contributed by atoms with Gasteiger partial charge in [-0.25, -0.2) is 14.4 Å². The lowest BCUT2D eigenvalue weighted by Crippen LogP contribution is -2.57. The van der Waals surface area contributed by atoms with Crippen LogP contribution in [0.4, 0.5) is 0 Å². The highest BCUT2D eigenvalue weighted by molar-refractivity contribution is 5.94. The fourth-order valence-corrected chi connectivity index (χ4v) is 6.47. The maximum atomic E-state index is 14.4. The van der Waals surface area contributed by atoms with E-state index in [9.17, 15) is 28.8 Å². The van der Waals surface area contributed by atoms with Gasteiger partial charge >= 0.3 is 17.9 Å². The molecule has 1 aliphatic rings. The fourth-order valence-electron chi connectivity index (χ4n) is 6.47. The Bertz CT molecular complexity index is 1370. The third-order valence-electron chi connectivity index (χ3n) is 10.6. The van der Waals surface area contributed by atoms with Crippen LogP contribution in [0.2, 0.25) is 0 Å². The lowest BCUT2D eigenvalue weighted by atomic mass is 9.95. The molecule has 0 bridgehead atoms. The summed E-state index contributed by atoms with van der Waals surface area (Å²) in [6.07, 6.45) is -2.41. The molecule has 0 spiro atoms. The maximum absolute atomic E-state index is 14.4. The molecule has 1 aromatic carbocycles. The number of carbonyl (C=O) groups is 6. The summed E-state index contributed by atoms with van der Waals surface area (Å²) in [5.41, 5.74) is 0.741. The molecule has 292 valence electrons. The Balaban J connectivity index is 2.87. The fraction of sp³-hybridized carbons (Fsp3) is 0.700. The molecule has 0 aliphatic carbocycles. The molecular weight excluding hydrogens is 666 g/mol. The van der Waals surface area contributed by atoms with Crippen LogP contribution in [0.1, 0.15) is 94.1 Å². The Morgan fingerprint density at radius 3 is 1.17 bits per heavy atom. The molecule has 0 unspecified atom stereocenters. The van der Waals surface area contributed by atoms with Crippen LogP contribution in [0, 0.1) is 29.6 Å². The van der Waals surface area contributed by atoms with Crippen molar-refractivity contribution < 1.29 is 43.0 Å². The van der Waals surface area contributed by atoms with Gasteiger partial charge in [0.1, 0.15) is 18.1 Å². The zero-order valence-electron chi connectivity index (χ0n) is 33.6. The molecule has 1 fully saturated rings. The van der Waals surface area contributed by atoms with Gasteiger partial charge < -0.3 is 28.9 Å². The Hall–Kier alpha value is -3.96. The second-order valence-corrected chi connectivity index (χ2v) is 15.2. The van der Waals surface area contributed by atoms with E-state index in [1.807, 2.05) is 51.1 Å². The highest BCUT2D eigenvalue weighted by Crippen LogP contribution is 2.26. The number of hydrogen-bond donors (Lipinski definition) is 0. The standard InChI is InChI=1S/C40H63N3O9/c1-14-25(8)32-35(44)41(11)29(22-28-20-18-17-19-21-28)38(47)50-33(26(9)15-2)36(45)42(12)31(24(6)7)40(49)52-34(27(10)16-3)37(46)43(13)30(23(4)5)39(48)51-32/h17-21,23-27,29-34H,14-16,22H2,1-13H3/t25-,26-,27-,29-,30-,31-,32+,33+,34+/m0/s1. The zero-order valence-corrected chi connectivity index (χ0v) is 33.6. The Kier molecular flexibility index (Phi) is 16.8. The largest absolute Gasteiger partial charge is 0.450 e. The van der Waals surface area contributed by atoms with Gasteiger partial charge in [0, 0.05) is 45.3 Å². The minimum absolute atomic E-state index is 0.0597. The molecule has 52 heavy (non-hydrogen) atoms. The number of carbonyl (C=O) groups excluding carboxylic acids is 6. The molecule has 3 amide bonds. The smallest absolute Gasteiger partial charge is 0.329 e. The van der Waals surface area contributed by atoms with E-state index in [0.717, 1.165) is 5.56 Å². The van der Waals surface area contributed by atoms with Crippen LogP contribution in [-0.4, -0.2) is 108 Å². The predicted molar refractivity (Wildman–Crippen MR) is 198 cm³/mol. The number of rotatable bonds is 10. The van der Waals surface area contributed by atoms with Crippen molar-refractivity contribution in [1.82, 2.24) is 14.7 Å². The van der Waals surface area contributed by atoms with E-state index in [4.69, 9.17) is 14.2 Å². The number of cyclic esters (lactones) is 3. The normalized spacial score (nSPS) is 26.8. The van der Waals surface area contributed by atoms with Crippen molar-refractivity contribution in [3.05, 3.63) is 35.9 Å². The first-order valence-electron chi connectivity index (χ1n) is 18.8. The lowest BCUT2D eigenvalue weighted by molar-refractivity contribution is -0.181. The summed E-state index contributed by atoms with van der Waals surface area (Å²) >= 11 is 0. The van der Waals surface area contributed by atoms with Crippen molar-refractivity contribution in [1.29, 1.82) is 0 Å². The zero-order chi connectivity index (χ0) is 39.6. The van der Waals surface area contributed by atoms with E-state index in [0.29, 0.717) is 19.3 Å². The van der Waals surface area contributed by atoms with Crippen LogP contribution >= 0.6 is 0 Å². The third kappa shape index (κ3) is 10.6. The molecule has 0 N–H and O–H groups in total. The summed E-state index contributed by atoms with van der Waals surface area (Å²) in [6, 6.07) is 5.64. The number of hydrogen-bond acceptors (Lipinski definition) is 9. The van der Waals surface area contributed by atoms with Crippen LogP contribution in [0.15, 0.2) is 30.3 Å². The predicted octanol–water partition coefficient (Wildman–Crippen LogP) is 4.91. The summed E-state index contributed by atoms with van der Waals surface area (Å²) in [5, 5.41) is 0. The van der Waals surface area contributed by atoms with Gasteiger partial charge in [-0.05, 0) is 36.7 Å². The average molecular weight is 730 g/mol. The summed E-state index contributed by atoms with van der Waals surface area (Å²) in [6.45, 7) is 17.9. The number of esters is 3. The molecule has 1 heterocycles. The van der Waals surface area contributed by atoms with Gasteiger partial charge in [-0.1, -0.05) is 99.6 Å². The Morgan fingerprint density at radius 2 is 0.846 bits per heavy atom. The second kappa shape index (κ2) is 19.8. The molecule has 2 rings (SSSR count). The summed E-state index contributed by atoms with van der Waals surface area (Å²) in [7, 11) is 4.38.